The number of nitrogens with zero attached hydrogens (tertiary/aromatic N) is 2. The lowest BCUT2D eigenvalue weighted by Crippen LogP contribution is -2.19. The summed E-state index contributed by atoms with van der Waals surface area (Å²) in [5.74, 6) is -0.251. The molecule has 0 amide bonds. The van der Waals surface area contributed by atoms with Crippen molar-refractivity contribution in [1.29, 1.82) is 0 Å². The van der Waals surface area contributed by atoms with Crippen molar-refractivity contribution in [3.8, 4) is 0 Å². The molecule has 4 nitrogen and oxygen atoms in total. The molecule has 0 aliphatic heterocycles. The minimum Gasteiger partial charge on any atom is -0.332 e. The molecule has 0 fully saturated rings. The van der Waals surface area contributed by atoms with Crippen LogP contribution in [-0.4, -0.2) is 14.9 Å². The summed E-state index contributed by atoms with van der Waals surface area (Å²) in [6.45, 7) is 2.48. The number of anilines is 2. The maximum atomic E-state index is 12.9. The quantitative estimate of drug-likeness (QED) is 0.641. The first-order chi connectivity index (χ1) is 12.0. The summed E-state index contributed by atoms with van der Waals surface area (Å²) in [6.07, 6.45) is 3.52. The van der Waals surface area contributed by atoms with Crippen molar-refractivity contribution in [3.05, 3.63) is 76.8 Å². The average Bonchev–Trinajstić information content (AvgIpc) is 3.01. The highest BCUT2D eigenvalue weighted by Gasteiger charge is 2.06. The SMILES string of the molecule is Cc1c(Cl)cccc1NC(=S)Nc1cnn(Cc2ccc(F)cc2)c1. The maximum absolute atomic E-state index is 12.9. The summed E-state index contributed by atoms with van der Waals surface area (Å²) < 4.78 is 14.7. The van der Waals surface area contributed by atoms with Crippen molar-refractivity contribution in [2.24, 2.45) is 0 Å². The molecule has 0 saturated heterocycles. The minimum atomic E-state index is -0.251. The van der Waals surface area contributed by atoms with Gasteiger partial charge in [0.25, 0.3) is 0 Å². The number of benzene rings is 2. The van der Waals surface area contributed by atoms with Gasteiger partial charge in [0.2, 0.25) is 0 Å². The van der Waals surface area contributed by atoms with Crippen molar-refractivity contribution < 1.29 is 4.39 Å². The third kappa shape index (κ3) is 4.55. The summed E-state index contributed by atoms with van der Waals surface area (Å²) in [5.41, 5.74) is 3.51. The molecule has 0 saturated carbocycles. The molecule has 3 aromatic rings. The number of hydrogen-bond donors (Lipinski definition) is 2. The average molecular weight is 375 g/mol. The zero-order valence-electron chi connectivity index (χ0n) is 13.5. The predicted molar refractivity (Wildman–Crippen MR) is 104 cm³/mol. The van der Waals surface area contributed by atoms with Gasteiger partial charge in [0.1, 0.15) is 5.82 Å². The number of rotatable bonds is 4. The first-order valence-corrected chi connectivity index (χ1v) is 8.40. The summed E-state index contributed by atoms with van der Waals surface area (Å²) in [4.78, 5) is 0. The highest BCUT2D eigenvalue weighted by molar-refractivity contribution is 7.80. The van der Waals surface area contributed by atoms with E-state index in [1.807, 2.05) is 31.3 Å². The summed E-state index contributed by atoms with van der Waals surface area (Å²) in [5, 5.41) is 11.6. The molecule has 0 radical (unpaired) electrons. The smallest absolute Gasteiger partial charge is 0.175 e. The largest absolute Gasteiger partial charge is 0.332 e. The molecule has 25 heavy (non-hydrogen) atoms. The fraction of sp³-hybridized carbons (Fsp3) is 0.111. The summed E-state index contributed by atoms with van der Waals surface area (Å²) in [6, 6.07) is 11.9. The number of hydrogen-bond acceptors (Lipinski definition) is 2. The second-order valence-electron chi connectivity index (χ2n) is 5.54. The maximum Gasteiger partial charge on any atom is 0.175 e. The molecule has 0 aliphatic carbocycles. The Morgan fingerprint density at radius 1 is 1.20 bits per heavy atom. The molecule has 1 heterocycles. The number of nitrogens with one attached hydrogen (secondary N) is 2. The van der Waals surface area contributed by atoms with E-state index >= 15 is 0 Å². The van der Waals surface area contributed by atoms with Crippen molar-refractivity contribution in [1.82, 2.24) is 9.78 Å². The van der Waals surface area contributed by atoms with Crippen LogP contribution in [-0.2, 0) is 6.54 Å². The second-order valence-corrected chi connectivity index (χ2v) is 6.36. The first kappa shape index (κ1) is 17.4. The molecule has 1 aromatic heterocycles. The highest BCUT2D eigenvalue weighted by atomic mass is 35.5. The van der Waals surface area contributed by atoms with Gasteiger partial charge in [-0.2, -0.15) is 5.10 Å². The third-order valence-corrected chi connectivity index (χ3v) is 4.28. The van der Waals surface area contributed by atoms with Gasteiger partial charge in [0, 0.05) is 16.9 Å². The monoisotopic (exact) mass is 374 g/mol. The van der Waals surface area contributed by atoms with Gasteiger partial charge in [0.15, 0.2) is 5.11 Å². The van der Waals surface area contributed by atoms with Gasteiger partial charge >= 0.3 is 0 Å². The first-order valence-electron chi connectivity index (χ1n) is 7.61. The highest BCUT2D eigenvalue weighted by Crippen LogP contribution is 2.23. The van der Waals surface area contributed by atoms with Crippen LogP contribution in [0.1, 0.15) is 11.1 Å². The van der Waals surface area contributed by atoms with Gasteiger partial charge in [-0.15, -0.1) is 0 Å². The normalized spacial score (nSPS) is 10.5. The molecule has 0 bridgehead atoms. The van der Waals surface area contributed by atoms with Crippen molar-refractivity contribution in [2.75, 3.05) is 10.6 Å². The van der Waals surface area contributed by atoms with E-state index < -0.39 is 0 Å². The Kier molecular flexibility index (Phi) is 5.31. The molecule has 0 spiro atoms. The van der Waals surface area contributed by atoms with Crippen LogP contribution in [0, 0.1) is 12.7 Å². The number of thiocarbonyl (C=S) groups is 1. The van der Waals surface area contributed by atoms with E-state index in [0.717, 1.165) is 22.5 Å². The van der Waals surface area contributed by atoms with Crippen LogP contribution in [0.4, 0.5) is 15.8 Å². The van der Waals surface area contributed by atoms with E-state index in [1.54, 1.807) is 23.0 Å². The topological polar surface area (TPSA) is 41.9 Å². The van der Waals surface area contributed by atoms with Gasteiger partial charge in [-0.1, -0.05) is 29.8 Å². The van der Waals surface area contributed by atoms with Crippen LogP contribution in [0.2, 0.25) is 5.02 Å². The van der Waals surface area contributed by atoms with E-state index in [2.05, 4.69) is 15.7 Å². The number of halogens is 2. The Hall–Kier alpha value is -2.44. The van der Waals surface area contributed by atoms with Gasteiger partial charge in [-0.25, -0.2) is 4.39 Å². The van der Waals surface area contributed by atoms with Crippen molar-refractivity contribution in [3.63, 3.8) is 0 Å². The van der Waals surface area contributed by atoms with Crippen LogP contribution < -0.4 is 10.6 Å². The van der Waals surface area contributed by atoms with E-state index in [1.165, 1.54) is 12.1 Å². The van der Waals surface area contributed by atoms with Crippen molar-refractivity contribution in [2.45, 2.75) is 13.5 Å². The number of aromatic nitrogens is 2. The molecule has 0 atom stereocenters. The van der Waals surface area contributed by atoms with E-state index in [9.17, 15) is 4.39 Å². The van der Waals surface area contributed by atoms with Crippen LogP contribution in [0.15, 0.2) is 54.9 Å². The van der Waals surface area contributed by atoms with Crippen molar-refractivity contribution >= 4 is 40.3 Å². The summed E-state index contributed by atoms with van der Waals surface area (Å²) >= 11 is 11.4. The lowest BCUT2D eigenvalue weighted by Gasteiger charge is -2.12. The van der Waals surface area contributed by atoms with E-state index in [0.29, 0.717) is 16.7 Å². The standard InChI is InChI=1S/C18H16ClFN4S/c1-12-16(19)3-2-4-17(12)23-18(25)22-15-9-21-24(11-15)10-13-5-7-14(20)8-6-13/h2-9,11H,10H2,1H3,(H2,22,23,25). The van der Waals surface area contributed by atoms with Gasteiger partial charge in [-0.05, 0) is 54.5 Å². The van der Waals surface area contributed by atoms with Gasteiger partial charge in [-0.3, -0.25) is 4.68 Å². The molecular formula is C18H16ClFN4S. The van der Waals surface area contributed by atoms with E-state index in [-0.39, 0.29) is 5.82 Å². The van der Waals surface area contributed by atoms with Gasteiger partial charge in [0.05, 0.1) is 18.4 Å². The van der Waals surface area contributed by atoms with Crippen LogP contribution in [0.5, 0.6) is 0 Å². The Morgan fingerprint density at radius 3 is 2.72 bits per heavy atom. The molecule has 2 N–H and O–H groups in total. The Bertz CT molecular complexity index is 892. The summed E-state index contributed by atoms with van der Waals surface area (Å²) in [7, 11) is 0. The Labute approximate surface area is 155 Å². The lowest BCUT2D eigenvalue weighted by molar-refractivity contribution is 0.624. The zero-order chi connectivity index (χ0) is 17.8. The predicted octanol–water partition coefficient (Wildman–Crippen LogP) is 4.84. The van der Waals surface area contributed by atoms with Crippen LogP contribution in [0.3, 0.4) is 0 Å². The Morgan fingerprint density at radius 2 is 1.96 bits per heavy atom. The Balaban J connectivity index is 1.61. The molecule has 7 heteroatoms. The van der Waals surface area contributed by atoms with Crippen LogP contribution in [0.25, 0.3) is 0 Å². The molecule has 2 aromatic carbocycles. The zero-order valence-corrected chi connectivity index (χ0v) is 15.0. The molecular weight excluding hydrogens is 359 g/mol. The molecule has 3 rings (SSSR count). The fourth-order valence-corrected chi connectivity index (χ4v) is 2.72. The second kappa shape index (κ2) is 7.63. The molecule has 0 aliphatic rings. The van der Waals surface area contributed by atoms with Crippen LogP contribution >= 0.6 is 23.8 Å². The molecule has 128 valence electrons. The third-order valence-electron chi connectivity index (χ3n) is 3.66. The molecule has 0 unspecified atom stereocenters. The fourth-order valence-electron chi connectivity index (χ4n) is 2.32. The minimum absolute atomic E-state index is 0.251. The van der Waals surface area contributed by atoms with E-state index in [4.69, 9.17) is 23.8 Å². The lowest BCUT2D eigenvalue weighted by atomic mass is 10.2. The van der Waals surface area contributed by atoms with Gasteiger partial charge < -0.3 is 10.6 Å².